The number of fused-ring (bicyclic) bond motifs is 13. The van der Waals surface area contributed by atoms with Crippen molar-refractivity contribution in [2.24, 2.45) is 0 Å². The summed E-state index contributed by atoms with van der Waals surface area (Å²) >= 11 is 0. The van der Waals surface area contributed by atoms with E-state index in [4.69, 9.17) is 14.4 Å². The number of nitrogens with zero attached hydrogens (tertiary/aromatic N) is 4. The van der Waals surface area contributed by atoms with Gasteiger partial charge in [-0.1, -0.05) is 121 Å². The Bertz CT molecular complexity index is 3350. The monoisotopic (exact) mass is 650 g/mol. The first-order chi connectivity index (χ1) is 25.3. The lowest BCUT2D eigenvalue weighted by Crippen LogP contribution is -2.02. The van der Waals surface area contributed by atoms with Crippen LogP contribution in [0.15, 0.2) is 162 Å². The number of para-hydroxylation sites is 3. The van der Waals surface area contributed by atoms with E-state index in [2.05, 4.69) is 136 Å². The molecule has 0 aliphatic rings. The summed E-state index contributed by atoms with van der Waals surface area (Å²) in [4.78, 5) is 10.5. The minimum atomic E-state index is 0.572. The van der Waals surface area contributed by atoms with Gasteiger partial charge in [-0.3, -0.25) is 4.57 Å². The zero-order valence-corrected chi connectivity index (χ0v) is 27.2. The Hall–Kier alpha value is -6.98. The highest BCUT2D eigenvalue weighted by molar-refractivity contribution is 6.34. The van der Waals surface area contributed by atoms with Gasteiger partial charge in [0.2, 0.25) is 5.71 Å². The Morgan fingerprint density at radius 1 is 0.412 bits per heavy atom. The molecule has 5 heterocycles. The fraction of sp³-hybridized carbons (Fsp3) is 0. The van der Waals surface area contributed by atoms with E-state index in [-0.39, 0.29) is 0 Å². The van der Waals surface area contributed by atoms with Crippen molar-refractivity contribution in [2.75, 3.05) is 0 Å². The van der Waals surface area contributed by atoms with E-state index in [1.165, 1.54) is 60.0 Å². The molecular weight excluding hydrogens is 625 g/mol. The summed E-state index contributed by atoms with van der Waals surface area (Å²) < 4.78 is 11.4. The van der Waals surface area contributed by atoms with Gasteiger partial charge < -0.3 is 8.82 Å². The molecule has 12 rings (SSSR count). The molecule has 0 N–H and O–H groups in total. The van der Waals surface area contributed by atoms with Gasteiger partial charge in [-0.05, 0) is 47.5 Å². The van der Waals surface area contributed by atoms with Crippen LogP contribution in [0.25, 0.3) is 110 Å². The van der Waals surface area contributed by atoms with Gasteiger partial charge in [0.25, 0.3) is 0 Å². The smallest absolute Gasteiger partial charge is 0.233 e. The van der Waals surface area contributed by atoms with Crippen molar-refractivity contribution in [2.45, 2.75) is 0 Å². The van der Waals surface area contributed by atoms with Crippen LogP contribution in [0, 0.1) is 0 Å². The molecule has 0 aliphatic carbocycles. The maximum absolute atomic E-state index is 6.52. The maximum atomic E-state index is 6.52. The van der Waals surface area contributed by atoms with Gasteiger partial charge in [-0.2, -0.15) is 4.98 Å². The predicted octanol–water partition coefficient (Wildman–Crippen LogP) is 12.0. The van der Waals surface area contributed by atoms with Gasteiger partial charge in [0.1, 0.15) is 5.58 Å². The molecule has 12 aromatic rings. The summed E-state index contributed by atoms with van der Waals surface area (Å²) in [5, 5.41) is 9.18. The van der Waals surface area contributed by atoms with Crippen LogP contribution >= 0.6 is 0 Å². The molecule has 0 atom stereocenters. The quantitative estimate of drug-likeness (QED) is 0.191. The number of hydrogen-bond acceptors (Lipinski definition) is 3. The molecule has 0 radical (unpaired) electrons. The Balaban J connectivity index is 1.35. The van der Waals surface area contributed by atoms with Crippen LogP contribution in [0.3, 0.4) is 0 Å². The summed E-state index contributed by atoms with van der Waals surface area (Å²) in [6, 6.07) is 55.9. The standard InChI is InChI=1S/C46H26N4O/c1-3-13-27(14-4-1)29-23-24-38-33(25-29)35-26-34-30-17-7-10-20-36(30)49-37-21-11-8-18-31(37)40(42(34)49)43(35)50(38)45-41-32-19-9-12-22-39(32)51-46(41)48-44(47-45)28-15-5-2-6-16-28/h1-26H. The molecule has 5 heteroatoms. The van der Waals surface area contributed by atoms with Crippen molar-refractivity contribution in [3.05, 3.63) is 158 Å². The lowest BCUT2D eigenvalue weighted by Gasteiger charge is -2.12. The molecular formula is C46H26N4O. The molecule has 5 nitrogen and oxygen atoms in total. The summed E-state index contributed by atoms with van der Waals surface area (Å²) in [5.41, 5.74) is 10.5. The molecule has 0 saturated carbocycles. The molecule has 0 bridgehead atoms. The van der Waals surface area contributed by atoms with E-state index in [9.17, 15) is 0 Å². The third-order valence-corrected chi connectivity index (χ3v) is 10.7. The van der Waals surface area contributed by atoms with E-state index >= 15 is 0 Å². The lowest BCUT2D eigenvalue weighted by molar-refractivity contribution is 0.653. The van der Waals surface area contributed by atoms with Crippen LogP contribution in [0.2, 0.25) is 0 Å². The van der Waals surface area contributed by atoms with E-state index in [1.807, 2.05) is 30.3 Å². The number of hydrogen-bond donors (Lipinski definition) is 0. The van der Waals surface area contributed by atoms with Crippen molar-refractivity contribution >= 4 is 82.0 Å². The predicted molar refractivity (Wildman–Crippen MR) is 209 cm³/mol. The van der Waals surface area contributed by atoms with E-state index in [1.54, 1.807) is 0 Å². The zero-order valence-electron chi connectivity index (χ0n) is 27.2. The fourth-order valence-electron chi connectivity index (χ4n) is 8.52. The fourth-order valence-corrected chi connectivity index (χ4v) is 8.52. The van der Waals surface area contributed by atoms with Crippen LogP contribution in [0.1, 0.15) is 0 Å². The summed E-state index contributed by atoms with van der Waals surface area (Å²) in [6.45, 7) is 0. The normalized spacial score (nSPS) is 12.3. The minimum Gasteiger partial charge on any atom is -0.437 e. The van der Waals surface area contributed by atoms with Crippen molar-refractivity contribution < 1.29 is 4.42 Å². The van der Waals surface area contributed by atoms with Crippen LogP contribution < -0.4 is 0 Å². The number of aromatic nitrogens is 4. The van der Waals surface area contributed by atoms with Crippen molar-refractivity contribution in [1.82, 2.24) is 18.9 Å². The van der Waals surface area contributed by atoms with Crippen LogP contribution in [-0.2, 0) is 0 Å². The van der Waals surface area contributed by atoms with Crippen molar-refractivity contribution in [3.8, 4) is 28.3 Å². The molecule has 0 amide bonds. The van der Waals surface area contributed by atoms with Crippen LogP contribution in [-0.4, -0.2) is 18.9 Å². The molecule has 0 spiro atoms. The van der Waals surface area contributed by atoms with Crippen molar-refractivity contribution in [3.63, 3.8) is 0 Å². The van der Waals surface area contributed by atoms with Gasteiger partial charge in [0.05, 0.1) is 33.0 Å². The molecule has 5 aromatic heterocycles. The highest BCUT2D eigenvalue weighted by atomic mass is 16.3. The lowest BCUT2D eigenvalue weighted by atomic mass is 10.0. The number of rotatable bonds is 3. The Morgan fingerprint density at radius 3 is 1.86 bits per heavy atom. The highest BCUT2D eigenvalue weighted by Crippen LogP contribution is 2.48. The summed E-state index contributed by atoms with van der Waals surface area (Å²) in [6.07, 6.45) is 0. The Morgan fingerprint density at radius 2 is 1.06 bits per heavy atom. The topological polar surface area (TPSA) is 48.3 Å². The summed E-state index contributed by atoms with van der Waals surface area (Å²) in [5.74, 6) is 1.43. The van der Waals surface area contributed by atoms with Gasteiger partial charge >= 0.3 is 0 Å². The number of furan rings is 1. The second kappa shape index (κ2) is 9.80. The molecule has 0 aliphatic heterocycles. The first-order valence-electron chi connectivity index (χ1n) is 17.3. The Labute approximate surface area is 290 Å². The molecule has 51 heavy (non-hydrogen) atoms. The van der Waals surface area contributed by atoms with Gasteiger partial charge in [0.15, 0.2) is 11.6 Å². The molecule has 7 aromatic carbocycles. The third-order valence-electron chi connectivity index (χ3n) is 10.7. The first kappa shape index (κ1) is 26.9. The Kier molecular flexibility index (Phi) is 5.17. The van der Waals surface area contributed by atoms with Gasteiger partial charge in [-0.25, -0.2) is 4.98 Å². The first-order valence-corrected chi connectivity index (χ1v) is 17.3. The minimum absolute atomic E-state index is 0.572. The highest BCUT2D eigenvalue weighted by Gasteiger charge is 2.27. The van der Waals surface area contributed by atoms with E-state index < -0.39 is 0 Å². The third kappa shape index (κ3) is 3.54. The van der Waals surface area contributed by atoms with Gasteiger partial charge in [0, 0.05) is 43.3 Å². The molecule has 0 fully saturated rings. The average molecular weight is 651 g/mol. The average Bonchev–Trinajstić information content (AvgIpc) is 3.93. The van der Waals surface area contributed by atoms with Crippen LogP contribution in [0.4, 0.5) is 0 Å². The SMILES string of the molecule is c1ccc(-c2ccc3c(c2)c2cc4c5ccccc5n5c6ccccc6c(c2n3-c2nc(-c3ccccc3)nc3oc6ccccc6c23)c45)cc1. The second-order valence-electron chi connectivity index (χ2n) is 13.4. The van der Waals surface area contributed by atoms with Crippen LogP contribution in [0.5, 0.6) is 0 Å². The maximum Gasteiger partial charge on any atom is 0.233 e. The zero-order chi connectivity index (χ0) is 33.2. The molecule has 0 saturated heterocycles. The van der Waals surface area contributed by atoms with Gasteiger partial charge in [-0.15, -0.1) is 0 Å². The molecule has 0 unspecified atom stereocenters. The number of benzene rings is 7. The van der Waals surface area contributed by atoms with E-state index in [0.29, 0.717) is 11.5 Å². The van der Waals surface area contributed by atoms with Crippen molar-refractivity contribution in [1.29, 1.82) is 0 Å². The molecule has 236 valence electrons. The largest absolute Gasteiger partial charge is 0.437 e. The second-order valence-corrected chi connectivity index (χ2v) is 13.4. The van der Waals surface area contributed by atoms with E-state index in [0.717, 1.165) is 38.8 Å². The summed E-state index contributed by atoms with van der Waals surface area (Å²) in [7, 11) is 0.